The lowest BCUT2D eigenvalue weighted by atomic mass is 9.93. The van der Waals surface area contributed by atoms with Gasteiger partial charge in [0.05, 0.1) is 14.2 Å². The second-order valence-electron chi connectivity index (χ2n) is 4.24. The van der Waals surface area contributed by atoms with E-state index >= 15 is 0 Å². The highest BCUT2D eigenvalue weighted by Crippen LogP contribution is 2.32. The van der Waals surface area contributed by atoms with Crippen LogP contribution < -0.4 is 14.8 Å². The molecule has 96 valence electrons. The van der Waals surface area contributed by atoms with Crippen molar-refractivity contribution in [1.29, 1.82) is 0 Å². The Morgan fingerprint density at radius 2 is 1.88 bits per heavy atom. The van der Waals surface area contributed by atoms with E-state index in [4.69, 9.17) is 9.47 Å². The smallest absolute Gasteiger partial charge is 0.126 e. The van der Waals surface area contributed by atoms with Gasteiger partial charge in [0.2, 0.25) is 0 Å². The van der Waals surface area contributed by atoms with Gasteiger partial charge in [-0.25, -0.2) is 0 Å². The normalized spacial score (nSPS) is 14.2. The first-order chi connectivity index (χ1) is 8.13. The maximum atomic E-state index is 5.43. The molecule has 0 spiro atoms. The molecule has 1 aromatic rings. The molecule has 0 aliphatic carbocycles. The quantitative estimate of drug-likeness (QED) is 0.825. The molecule has 1 N–H and O–H groups in total. The summed E-state index contributed by atoms with van der Waals surface area (Å²) in [6.45, 7) is 7.49. The van der Waals surface area contributed by atoms with Gasteiger partial charge in [0.1, 0.15) is 11.5 Å². The lowest BCUT2D eigenvalue weighted by Gasteiger charge is -2.23. The van der Waals surface area contributed by atoms with Crippen molar-refractivity contribution in [2.75, 3.05) is 20.8 Å². The Morgan fingerprint density at radius 3 is 2.41 bits per heavy atom. The Hall–Kier alpha value is -1.22. The van der Waals surface area contributed by atoms with Gasteiger partial charge in [-0.3, -0.25) is 0 Å². The lowest BCUT2D eigenvalue weighted by Crippen LogP contribution is -2.30. The topological polar surface area (TPSA) is 30.5 Å². The molecule has 17 heavy (non-hydrogen) atoms. The number of methoxy groups -OCH3 is 2. The highest BCUT2D eigenvalue weighted by atomic mass is 16.5. The average Bonchev–Trinajstić information content (AvgIpc) is 2.37. The fraction of sp³-hybridized carbons (Fsp3) is 0.571. The predicted octanol–water partition coefficient (Wildman–Crippen LogP) is 2.81. The van der Waals surface area contributed by atoms with Crippen LogP contribution in [0.1, 0.15) is 32.3 Å². The molecule has 2 unspecified atom stereocenters. The van der Waals surface area contributed by atoms with Gasteiger partial charge in [-0.1, -0.05) is 19.9 Å². The largest absolute Gasteiger partial charge is 0.497 e. The van der Waals surface area contributed by atoms with Gasteiger partial charge in [0.15, 0.2) is 0 Å². The molecule has 0 saturated carbocycles. The van der Waals surface area contributed by atoms with Crippen LogP contribution in [0.4, 0.5) is 0 Å². The van der Waals surface area contributed by atoms with Gasteiger partial charge in [-0.2, -0.15) is 0 Å². The molecular formula is C14H23NO2. The van der Waals surface area contributed by atoms with Crippen LogP contribution in [-0.2, 0) is 0 Å². The first kappa shape index (κ1) is 13.8. The second-order valence-corrected chi connectivity index (χ2v) is 4.24. The molecule has 3 heteroatoms. The number of rotatable bonds is 6. The zero-order valence-electron chi connectivity index (χ0n) is 11.4. The number of likely N-dealkylation sites (N-methyl/N-ethyl adjacent to an activating group) is 1. The molecule has 0 aliphatic rings. The number of benzene rings is 1. The number of ether oxygens (including phenoxy) is 2. The number of nitrogens with one attached hydrogen (secondary N) is 1. The van der Waals surface area contributed by atoms with Crippen molar-refractivity contribution in [3.8, 4) is 11.5 Å². The van der Waals surface area contributed by atoms with Crippen molar-refractivity contribution in [1.82, 2.24) is 5.32 Å². The zero-order chi connectivity index (χ0) is 12.8. The highest BCUT2D eigenvalue weighted by molar-refractivity contribution is 5.43. The number of hydrogen-bond acceptors (Lipinski definition) is 3. The maximum Gasteiger partial charge on any atom is 0.126 e. The third-order valence-corrected chi connectivity index (χ3v) is 3.21. The Kier molecular flexibility index (Phi) is 5.29. The monoisotopic (exact) mass is 237 g/mol. The summed E-state index contributed by atoms with van der Waals surface area (Å²) in [5, 5.41) is 3.44. The molecule has 0 aromatic heterocycles. The third kappa shape index (κ3) is 3.37. The van der Waals surface area contributed by atoms with Crippen LogP contribution in [0.3, 0.4) is 0 Å². The van der Waals surface area contributed by atoms with Crippen LogP contribution in [0.5, 0.6) is 11.5 Å². The SMILES string of the molecule is CCNC(C)C(C)c1ccc(OC)cc1OC. The van der Waals surface area contributed by atoms with Crippen molar-refractivity contribution in [3.63, 3.8) is 0 Å². The Balaban J connectivity index is 2.96. The van der Waals surface area contributed by atoms with Crippen molar-refractivity contribution in [2.45, 2.75) is 32.7 Å². The standard InChI is InChI=1S/C14H23NO2/c1-6-15-11(3)10(2)13-8-7-12(16-4)9-14(13)17-5/h7-11,15H,6H2,1-5H3. The first-order valence-electron chi connectivity index (χ1n) is 6.09. The summed E-state index contributed by atoms with van der Waals surface area (Å²) in [6.07, 6.45) is 0. The molecule has 0 aliphatic heterocycles. The molecule has 0 amide bonds. The molecule has 3 nitrogen and oxygen atoms in total. The molecule has 1 rings (SSSR count). The second kappa shape index (κ2) is 6.50. The summed E-state index contributed by atoms with van der Waals surface area (Å²) in [5.41, 5.74) is 1.21. The molecule has 0 heterocycles. The van der Waals surface area contributed by atoms with E-state index in [0.29, 0.717) is 12.0 Å². The van der Waals surface area contributed by atoms with Crippen molar-refractivity contribution in [2.24, 2.45) is 0 Å². The summed E-state index contributed by atoms with van der Waals surface area (Å²) in [6, 6.07) is 6.41. The van der Waals surface area contributed by atoms with Crippen LogP contribution in [0.2, 0.25) is 0 Å². The van der Waals surface area contributed by atoms with Gasteiger partial charge in [0, 0.05) is 12.1 Å². The van der Waals surface area contributed by atoms with Crippen LogP contribution in [0.25, 0.3) is 0 Å². The molecular weight excluding hydrogens is 214 g/mol. The minimum atomic E-state index is 0.399. The maximum absolute atomic E-state index is 5.43. The fourth-order valence-electron chi connectivity index (χ4n) is 1.96. The predicted molar refractivity (Wildman–Crippen MR) is 71.1 cm³/mol. The van der Waals surface area contributed by atoms with Crippen molar-refractivity contribution < 1.29 is 9.47 Å². The molecule has 0 saturated heterocycles. The summed E-state index contributed by atoms with van der Waals surface area (Å²) in [4.78, 5) is 0. The van der Waals surface area contributed by atoms with E-state index in [1.165, 1.54) is 5.56 Å². The molecule has 0 fully saturated rings. The van der Waals surface area contributed by atoms with Crippen LogP contribution in [-0.4, -0.2) is 26.8 Å². The molecule has 0 radical (unpaired) electrons. The van der Waals surface area contributed by atoms with Gasteiger partial charge in [-0.15, -0.1) is 0 Å². The zero-order valence-corrected chi connectivity index (χ0v) is 11.4. The lowest BCUT2D eigenvalue weighted by molar-refractivity contribution is 0.383. The van der Waals surface area contributed by atoms with Gasteiger partial charge in [-0.05, 0) is 31.0 Å². The number of hydrogen-bond donors (Lipinski definition) is 1. The summed E-state index contributed by atoms with van der Waals surface area (Å²) in [5.74, 6) is 2.12. The van der Waals surface area contributed by atoms with Gasteiger partial charge < -0.3 is 14.8 Å². The van der Waals surface area contributed by atoms with Crippen LogP contribution in [0.15, 0.2) is 18.2 Å². The summed E-state index contributed by atoms with van der Waals surface area (Å²) < 4.78 is 10.6. The minimum Gasteiger partial charge on any atom is -0.497 e. The van der Waals surface area contributed by atoms with Crippen LogP contribution in [0, 0.1) is 0 Å². The van der Waals surface area contributed by atoms with Gasteiger partial charge in [0.25, 0.3) is 0 Å². The summed E-state index contributed by atoms with van der Waals surface area (Å²) in [7, 11) is 3.36. The fourth-order valence-corrected chi connectivity index (χ4v) is 1.96. The molecule has 1 aromatic carbocycles. The molecule has 0 bridgehead atoms. The van der Waals surface area contributed by atoms with Crippen LogP contribution >= 0.6 is 0 Å². The van der Waals surface area contributed by atoms with Crippen molar-refractivity contribution >= 4 is 0 Å². The Bertz CT molecular complexity index is 352. The van der Waals surface area contributed by atoms with E-state index in [2.05, 4.69) is 32.2 Å². The average molecular weight is 237 g/mol. The first-order valence-corrected chi connectivity index (χ1v) is 6.09. The van der Waals surface area contributed by atoms with E-state index in [1.807, 2.05) is 12.1 Å². The van der Waals surface area contributed by atoms with E-state index in [-0.39, 0.29) is 0 Å². The van der Waals surface area contributed by atoms with E-state index in [9.17, 15) is 0 Å². The van der Waals surface area contributed by atoms with E-state index in [1.54, 1.807) is 14.2 Å². The van der Waals surface area contributed by atoms with Crippen molar-refractivity contribution in [3.05, 3.63) is 23.8 Å². The summed E-state index contributed by atoms with van der Waals surface area (Å²) >= 11 is 0. The van der Waals surface area contributed by atoms with E-state index in [0.717, 1.165) is 18.0 Å². The molecule has 2 atom stereocenters. The third-order valence-electron chi connectivity index (χ3n) is 3.21. The van der Waals surface area contributed by atoms with Gasteiger partial charge >= 0.3 is 0 Å². The Morgan fingerprint density at radius 1 is 1.18 bits per heavy atom. The Labute approximate surface area is 104 Å². The minimum absolute atomic E-state index is 0.399. The van der Waals surface area contributed by atoms with E-state index < -0.39 is 0 Å². The highest BCUT2D eigenvalue weighted by Gasteiger charge is 2.17.